The molecule has 0 aliphatic carbocycles. The van der Waals surface area contributed by atoms with E-state index in [4.69, 9.17) is 4.74 Å². The van der Waals surface area contributed by atoms with Crippen molar-refractivity contribution in [3.8, 4) is 6.07 Å². The molecule has 0 saturated heterocycles. The summed E-state index contributed by atoms with van der Waals surface area (Å²) in [7, 11) is 0. The molecule has 3 aromatic rings. The lowest BCUT2D eigenvalue weighted by atomic mass is 10.2. The molecule has 6 heteroatoms. The van der Waals surface area contributed by atoms with E-state index in [1.165, 1.54) is 11.8 Å². The van der Waals surface area contributed by atoms with Crippen molar-refractivity contribution in [2.45, 2.75) is 31.9 Å². The maximum Gasteiger partial charge on any atom is 0.316 e. The number of para-hydroxylation sites is 2. The average molecular weight is 339 g/mol. The molecular weight excluding hydrogens is 322 g/mol. The molecule has 2 heterocycles. The predicted molar refractivity (Wildman–Crippen MR) is 94.1 cm³/mol. The molecule has 0 aliphatic rings. The first kappa shape index (κ1) is 16.3. The van der Waals surface area contributed by atoms with Crippen LogP contribution in [0, 0.1) is 18.3 Å². The Morgan fingerprint density at radius 3 is 2.88 bits per heavy atom. The number of pyridine rings is 1. The maximum absolute atomic E-state index is 11.9. The second-order valence-electron chi connectivity index (χ2n) is 5.74. The fraction of sp³-hybridized carbons (Fsp3) is 0.278. The largest absolute Gasteiger partial charge is 0.462 e. The highest BCUT2D eigenvalue weighted by Gasteiger charge is 2.16. The topological polar surface area (TPSA) is 67.4 Å². The van der Waals surface area contributed by atoms with E-state index >= 15 is 0 Å². The van der Waals surface area contributed by atoms with Gasteiger partial charge < -0.3 is 4.74 Å². The molecule has 5 nitrogen and oxygen atoms in total. The fourth-order valence-corrected chi connectivity index (χ4v) is 3.50. The number of imidazole rings is 1. The summed E-state index contributed by atoms with van der Waals surface area (Å²) in [5.41, 5.74) is 3.77. The summed E-state index contributed by atoms with van der Waals surface area (Å²) in [6.07, 6.45) is -0.130. The number of aromatic nitrogens is 2. The predicted octanol–water partition coefficient (Wildman–Crippen LogP) is 3.71. The van der Waals surface area contributed by atoms with E-state index in [-0.39, 0.29) is 17.8 Å². The summed E-state index contributed by atoms with van der Waals surface area (Å²) in [5, 5.41) is 10.3. The quantitative estimate of drug-likeness (QED) is 0.535. The number of ether oxygens (including phenoxy) is 1. The summed E-state index contributed by atoms with van der Waals surface area (Å²) in [5.74, 6) is -0.0416. The van der Waals surface area contributed by atoms with Crippen LogP contribution in [0.2, 0.25) is 0 Å². The van der Waals surface area contributed by atoms with Crippen molar-refractivity contribution >= 4 is 34.4 Å². The zero-order chi connectivity index (χ0) is 17.3. The zero-order valence-electron chi connectivity index (χ0n) is 13.7. The number of carbonyl (C=O) groups excluding carboxylic acids is 1. The molecule has 1 aromatic carbocycles. The number of benzene rings is 1. The van der Waals surface area contributed by atoms with Gasteiger partial charge in [-0.25, -0.2) is 4.98 Å². The summed E-state index contributed by atoms with van der Waals surface area (Å²) in [6.45, 7) is 5.54. The number of thioether (sulfide) groups is 1. The van der Waals surface area contributed by atoms with Gasteiger partial charge in [-0.3, -0.25) is 9.20 Å². The normalized spacial score (nSPS) is 11.1. The van der Waals surface area contributed by atoms with Gasteiger partial charge in [0.2, 0.25) is 0 Å². The van der Waals surface area contributed by atoms with Crippen LogP contribution in [0.15, 0.2) is 35.4 Å². The molecule has 24 heavy (non-hydrogen) atoms. The Kier molecular flexibility index (Phi) is 4.45. The first-order chi connectivity index (χ1) is 11.5. The van der Waals surface area contributed by atoms with E-state index in [9.17, 15) is 10.1 Å². The lowest BCUT2D eigenvalue weighted by Gasteiger charge is -2.11. The Morgan fingerprint density at radius 1 is 1.42 bits per heavy atom. The Morgan fingerprint density at radius 2 is 2.17 bits per heavy atom. The van der Waals surface area contributed by atoms with Gasteiger partial charge in [0.05, 0.1) is 33.5 Å². The molecule has 0 saturated carbocycles. The third-order valence-electron chi connectivity index (χ3n) is 3.56. The highest BCUT2D eigenvalue weighted by Crippen LogP contribution is 2.29. The van der Waals surface area contributed by atoms with Gasteiger partial charge in [-0.1, -0.05) is 23.9 Å². The van der Waals surface area contributed by atoms with E-state index in [1.54, 1.807) is 0 Å². The number of aryl methyl sites for hydroxylation is 1. The summed E-state index contributed by atoms with van der Waals surface area (Å²) >= 11 is 1.39. The van der Waals surface area contributed by atoms with Crippen LogP contribution in [0.3, 0.4) is 0 Å². The van der Waals surface area contributed by atoms with Crippen molar-refractivity contribution in [2.24, 2.45) is 0 Å². The van der Waals surface area contributed by atoms with Gasteiger partial charge in [-0.05, 0) is 44.5 Å². The molecule has 0 aliphatic heterocycles. The number of hydrogen-bond donors (Lipinski definition) is 0. The van der Waals surface area contributed by atoms with Crippen molar-refractivity contribution in [1.82, 2.24) is 9.38 Å². The molecule has 0 bridgehead atoms. The number of carbonyl (C=O) groups is 1. The molecule has 0 fully saturated rings. The molecule has 0 spiro atoms. The van der Waals surface area contributed by atoms with Crippen LogP contribution in [0.4, 0.5) is 0 Å². The number of esters is 1. The van der Waals surface area contributed by atoms with Crippen LogP contribution >= 0.6 is 11.8 Å². The van der Waals surface area contributed by atoms with Crippen molar-refractivity contribution in [3.63, 3.8) is 0 Å². The van der Waals surface area contributed by atoms with Gasteiger partial charge in [0.1, 0.15) is 6.07 Å². The highest BCUT2D eigenvalue weighted by atomic mass is 32.2. The highest BCUT2D eigenvalue weighted by molar-refractivity contribution is 7.99. The number of nitriles is 1. The SMILES string of the molecule is Cc1cc(SCC(=O)OC(C)C)n2c(nc3ccccc32)c1C#N. The third-order valence-corrected chi connectivity index (χ3v) is 4.53. The van der Waals surface area contributed by atoms with E-state index in [2.05, 4.69) is 11.1 Å². The smallest absolute Gasteiger partial charge is 0.316 e. The minimum atomic E-state index is -0.255. The monoisotopic (exact) mass is 339 g/mol. The van der Waals surface area contributed by atoms with Crippen LogP contribution in [0.1, 0.15) is 25.0 Å². The second-order valence-corrected chi connectivity index (χ2v) is 6.73. The van der Waals surface area contributed by atoms with Crippen LogP contribution in [0.5, 0.6) is 0 Å². The van der Waals surface area contributed by atoms with Crippen LogP contribution in [0.25, 0.3) is 16.7 Å². The van der Waals surface area contributed by atoms with E-state index in [1.807, 2.05) is 55.5 Å². The molecule has 3 rings (SSSR count). The maximum atomic E-state index is 11.9. The van der Waals surface area contributed by atoms with Gasteiger partial charge in [0.15, 0.2) is 5.65 Å². The number of fused-ring (bicyclic) bond motifs is 3. The first-order valence-electron chi connectivity index (χ1n) is 7.64. The van der Waals surface area contributed by atoms with E-state index in [0.29, 0.717) is 11.2 Å². The second kappa shape index (κ2) is 6.54. The van der Waals surface area contributed by atoms with Crippen molar-refractivity contribution in [2.75, 3.05) is 5.75 Å². The fourth-order valence-electron chi connectivity index (χ4n) is 2.59. The van der Waals surface area contributed by atoms with Crippen LogP contribution < -0.4 is 0 Å². The summed E-state index contributed by atoms with van der Waals surface area (Å²) < 4.78 is 7.13. The molecule has 0 atom stereocenters. The first-order valence-corrected chi connectivity index (χ1v) is 8.63. The Hall–Kier alpha value is -2.52. The summed E-state index contributed by atoms with van der Waals surface area (Å²) in [6, 6.07) is 11.9. The van der Waals surface area contributed by atoms with Crippen molar-refractivity contribution in [3.05, 3.63) is 41.5 Å². The number of rotatable bonds is 4. The lowest BCUT2D eigenvalue weighted by molar-refractivity contribution is -0.144. The Labute approximate surface area is 144 Å². The zero-order valence-corrected chi connectivity index (χ0v) is 14.6. The Balaban J connectivity index is 2.10. The third kappa shape index (κ3) is 2.95. The average Bonchev–Trinajstić information content (AvgIpc) is 2.91. The minimum absolute atomic E-state index is 0.130. The minimum Gasteiger partial charge on any atom is -0.462 e. The van der Waals surface area contributed by atoms with E-state index < -0.39 is 0 Å². The number of nitrogens with zero attached hydrogens (tertiary/aromatic N) is 3. The number of hydrogen-bond acceptors (Lipinski definition) is 5. The molecule has 2 aromatic heterocycles. The lowest BCUT2D eigenvalue weighted by Crippen LogP contribution is -2.13. The molecule has 0 N–H and O–H groups in total. The van der Waals surface area contributed by atoms with Gasteiger partial charge in [0, 0.05) is 0 Å². The van der Waals surface area contributed by atoms with Gasteiger partial charge >= 0.3 is 5.97 Å². The van der Waals surface area contributed by atoms with Crippen molar-refractivity contribution < 1.29 is 9.53 Å². The van der Waals surface area contributed by atoms with Crippen molar-refractivity contribution in [1.29, 1.82) is 5.26 Å². The Bertz CT molecular complexity index is 970. The molecule has 0 radical (unpaired) electrons. The molecule has 122 valence electrons. The van der Waals surface area contributed by atoms with Gasteiger partial charge in [0.25, 0.3) is 0 Å². The van der Waals surface area contributed by atoms with Crippen LogP contribution in [-0.2, 0) is 9.53 Å². The molecular formula is C18H17N3O2S. The van der Waals surface area contributed by atoms with Gasteiger partial charge in [-0.15, -0.1) is 0 Å². The molecule has 0 unspecified atom stereocenters. The van der Waals surface area contributed by atoms with Gasteiger partial charge in [-0.2, -0.15) is 5.26 Å². The standard InChI is InChI=1S/C18H17N3O2S/c1-11(2)23-17(22)10-24-16-8-12(3)13(9-19)18-20-14-6-4-5-7-15(14)21(16)18/h4-8,11H,10H2,1-3H3. The molecule has 0 amide bonds. The van der Waals surface area contributed by atoms with Crippen LogP contribution in [-0.4, -0.2) is 27.2 Å². The summed E-state index contributed by atoms with van der Waals surface area (Å²) in [4.78, 5) is 16.4. The van der Waals surface area contributed by atoms with E-state index in [0.717, 1.165) is 21.6 Å².